The molecule has 1 aromatic carbocycles. The number of rotatable bonds is 2. The van der Waals surface area contributed by atoms with Crippen molar-refractivity contribution in [2.45, 2.75) is 18.9 Å². The average molecular weight is 310 g/mol. The van der Waals surface area contributed by atoms with Gasteiger partial charge in [-0.2, -0.15) is 0 Å². The highest BCUT2D eigenvalue weighted by atomic mass is 35.5. The SMILES string of the molecule is NC(=S)c1ccc(Cl)cc1N1CCN2C(=O)CCC2C1. The van der Waals surface area contributed by atoms with Crippen molar-refractivity contribution in [3.05, 3.63) is 28.8 Å². The Hall–Kier alpha value is -1.33. The van der Waals surface area contributed by atoms with Gasteiger partial charge >= 0.3 is 0 Å². The van der Waals surface area contributed by atoms with Gasteiger partial charge in [-0.3, -0.25) is 4.79 Å². The van der Waals surface area contributed by atoms with Gasteiger partial charge in [0.1, 0.15) is 4.99 Å². The van der Waals surface area contributed by atoms with Gasteiger partial charge in [-0.15, -0.1) is 0 Å². The summed E-state index contributed by atoms with van der Waals surface area (Å²) in [7, 11) is 0. The fourth-order valence-electron chi connectivity index (χ4n) is 3.06. The Morgan fingerprint density at radius 3 is 2.95 bits per heavy atom. The summed E-state index contributed by atoms with van der Waals surface area (Å²) in [5, 5.41) is 0.671. The minimum atomic E-state index is 0.273. The number of nitrogens with two attached hydrogens (primary N) is 1. The summed E-state index contributed by atoms with van der Waals surface area (Å²) in [5.41, 5.74) is 7.62. The van der Waals surface area contributed by atoms with Crippen LogP contribution in [-0.2, 0) is 4.79 Å². The fraction of sp³-hybridized carbons (Fsp3) is 0.429. The lowest BCUT2D eigenvalue weighted by atomic mass is 10.1. The molecule has 20 heavy (non-hydrogen) atoms. The van der Waals surface area contributed by atoms with E-state index in [0.29, 0.717) is 22.5 Å². The summed E-state index contributed by atoms with van der Waals surface area (Å²) in [4.78, 5) is 16.3. The molecule has 3 rings (SSSR count). The Kier molecular flexibility index (Phi) is 3.56. The number of carbonyl (C=O) groups excluding carboxylic acids is 1. The average Bonchev–Trinajstić information content (AvgIpc) is 2.79. The molecule has 2 fully saturated rings. The third kappa shape index (κ3) is 2.36. The molecule has 0 aromatic heterocycles. The predicted molar refractivity (Wildman–Crippen MR) is 84.3 cm³/mol. The number of hydrogen-bond acceptors (Lipinski definition) is 3. The monoisotopic (exact) mass is 309 g/mol. The molecular formula is C14H16ClN3OS. The lowest BCUT2D eigenvalue weighted by Crippen LogP contribution is -2.51. The van der Waals surface area contributed by atoms with Crippen molar-refractivity contribution < 1.29 is 4.79 Å². The van der Waals surface area contributed by atoms with Crippen molar-refractivity contribution in [1.29, 1.82) is 0 Å². The first-order chi connectivity index (χ1) is 9.56. The molecule has 6 heteroatoms. The molecule has 1 amide bonds. The number of amides is 1. The molecule has 4 nitrogen and oxygen atoms in total. The van der Waals surface area contributed by atoms with Crippen molar-refractivity contribution in [3.63, 3.8) is 0 Å². The van der Waals surface area contributed by atoms with Crippen molar-refractivity contribution in [2.75, 3.05) is 24.5 Å². The van der Waals surface area contributed by atoms with E-state index in [4.69, 9.17) is 29.6 Å². The van der Waals surface area contributed by atoms with E-state index < -0.39 is 0 Å². The summed E-state index contributed by atoms with van der Waals surface area (Å²) >= 11 is 11.2. The van der Waals surface area contributed by atoms with Crippen LogP contribution in [0, 0.1) is 0 Å². The second-order valence-corrected chi connectivity index (χ2v) is 6.13. The molecule has 0 bridgehead atoms. The number of thiocarbonyl (C=S) groups is 1. The van der Waals surface area contributed by atoms with Crippen LogP contribution in [-0.4, -0.2) is 41.5 Å². The molecule has 1 atom stereocenters. The third-order valence-electron chi connectivity index (χ3n) is 4.06. The number of fused-ring (bicyclic) bond motifs is 1. The minimum Gasteiger partial charge on any atom is -0.389 e. The van der Waals surface area contributed by atoms with Gasteiger partial charge in [0.25, 0.3) is 0 Å². The highest BCUT2D eigenvalue weighted by Crippen LogP contribution is 2.30. The number of hydrogen-bond donors (Lipinski definition) is 1. The van der Waals surface area contributed by atoms with Gasteiger partial charge in [0.15, 0.2) is 0 Å². The Labute approximate surface area is 128 Å². The molecule has 0 radical (unpaired) electrons. The van der Waals surface area contributed by atoms with Crippen LogP contribution < -0.4 is 10.6 Å². The molecule has 2 saturated heterocycles. The van der Waals surface area contributed by atoms with Crippen LogP contribution in [0.15, 0.2) is 18.2 Å². The van der Waals surface area contributed by atoms with Crippen LogP contribution >= 0.6 is 23.8 Å². The maximum Gasteiger partial charge on any atom is 0.223 e. The van der Waals surface area contributed by atoms with Crippen molar-refractivity contribution >= 4 is 40.4 Å². The summed E-state index contributed by atoms with van der Waals surface area (Å²) < 4.78 is 0. The lowest BCUT2D eigenvalue weighted by Gasteiger charge is -2.39. The standard InChI is InChI=1S/C14H16ClN3OS/c15-9-1-3-11(14(16)20)12(7-9)17-5-6-18-10(8-17)2-4-13(18)19/h1,3,7,10H,2,4-6,8H2,(H2,16,20). The van der Waals surface area contributed by atoms with Gasteiger partial charge < -0.3 is 15.5 Å². The number of benzene rings is 1. The first kappa shape index (κ1) is 13.6. The molecule has 106 valence electrons. The number of carbonyl (C=O) groups is 1. The zero-order chi connectivity index (χ0) is 14.3. The molecule has 1 aromatic rings. The van der Waals surface area contributed by atoms with E-state index in [0.717, 1.165) is 37.3 Å². The minimum absolute atomic E-state index is 0.273. The summed E-state index contributed by atoms with van der Waals surface area (Å²) in [6, 6.07) is 5.87. The molecule has 2 N–H and O–H groups in total. The van der Waals surface area contributed by atoms with Crippen LogP contribution in [0.5, 0.6) is 0 Å². The molecule has 1 unspecified atom stereocenters. The summed E-state index contributed by atoms with van der Waals surface area (Å²) in [6.07, 6.45) is 1.59. The van der Waals surface area contributed by atoms with E-state index in [1.165, 1.54) is 0 Å². The maximum atomic E-state index is 11.7. The second-order valence-electron chi connectivity index (χ2n) is 5.25. The van der Waals surface area contributed by atoms with Gasteiger partial charge in [0.05, 0.1) is 0 Å². The molecular weight excluding hydrogens is 294 g/mol. The number of anilines is 1. The Bertz CT molecular complexity index is 578. The summed E-state index contributed by atoms with van der Waals surface area (Å²) in [6.45, 7) is 2.37. The highest BCUT2D eigenvalue weighted by Gasteiger charge is 2.36. The number of halogens is 1. The largest absolute Gasteiger partial charge is 0.389 e. The van der Waals surface area contributed by atoms with E-state index in [-0.39, 0.29) is 5.91 Å². The van der Waals surface area contributed by atoms with Crippen LogP contribution in [0.2, 0.25) is 5.02 Å². The Balaban J connectivity index is 1.89. The first-order valence-electron chi connectivity index (χ1n) is 6.70. The molecule has 0 saturated carbocycles. The van der Waals surface area contributed by atoms with Crippen molar-refractivity contribution in [2.24, 2.45) is 5.73 Å². The molecule has 2 aliphatic rings. The number of nitrogens with zero attached hydrogens (tertiary/aromatic N) is 2. The number of piperazine rings is 1. The van der Waals surface area contributed by atoms with Crippen molar-refractivity contribution in [3.8, 4) is 0 Å². The van der Waals surface area contributed by atoms with E-state index >= 15 is 0 Å². The quantitative estimate of drug-likeness (QED) is 0.846. The predicted octanol–water partition coefficient (Wildman–Crippen LogP) is 1.79. The third-order valence-corrected chi connectivity index (χ3v) is 4.52. The smallest absolute Gasteiger partial charge is 0.223 e. The van der Waals surface area contributed by atoms with Gasteiger partial charge in [-0.05, 0) is 24.6 Å². The van der Waals surface area contributed by atoms with Crippen LogP contribution in [0.3, 0.4) is 0 Å². The Morgan fingerprint density at radius 1 is 1.40 bits per heavy atom. The molecule has 0 spiro atoms. The molecule has 2 heterocycles. The first-order valence-corrected chi connectivity index (χ1v) is 7.48. The van der Waals surface area contributed by atoms with Crippen LogP contribution in [0.4, 0.5) is 5.69 Å². The maximum absolute atomic E-state index is 11.7. The Morgan fingerprint density at radius 2 is 2.20 bits per heavy atom. The van der Waals surface area contributed by atoms with E-state index in [1.807, 2.05) is 17.0 Å². The fourth-order valence-corrected chi connectivity index (χ4v) is 3.40. The second kappa shape index (κ2) is 5.22. The van der Waals surface area contributed by atoms with Crippen LogP contribution in [0.1, 0.15) is 18.4 Å². The van der Waals surface area contributed by atoms with Gasteiger partial charge in [-0.25, -0.2) is 0 Å². The summed E-state index contributed by atoms with van der Waals surface area (Å²) in [5.74, 6) is 0.273. The zero-order valence-corrected chi connectivity index (χ0v) is 12.6. The normalized spacial score (nSPS) is 22.1. The highest BCUT2D eigenvalue weighted by molar-refractivity contribution is 7.80. The zero-order valence-electron chi connectivity index (χ0n) is 11.0. The van der Waals surface area contributed by atoms with E-state index in [9.17, 15) is 4.79 Å². The molecule has 2 aliphatic heterocycles. The van der Waals surface area contributed by atoms with E-state index in [1.54, 1.807) is 6.07 Å². The van der Waals surface area contributed by atoms with Crippen LogP contribution in [0.25, 0.3) is 0 Å². The van der Waals surface area contributed by atoms with Gasteiger partial charge in [0.2, 0.25) is 5.91 Å². The van der Waals surface area contributed by atoms with E-state index in [2.05, 4.69) is 4.90 Å². The topological polar surface area (TPSA) is 49.6 Å². The van der Waals surface area contributed by atoms with Gasteiger partial charge in [-0.1, -0.05) is 23.8 Å². The lowest BCUT2D eigenvalue weighted by molar-refractivity contribution is -0.129. The molecule has 0 aliphatic carbocycles. The van der Waals surface area contributed by atoms with Crippen molar-refractivity contribution in [1.82, 2.24) is 4.90 Å². The van der Waals surface area contributed by atoms with Gasteiger partial charge in [0, 0.05) is 48.4 Å².